The van der Waals surface area contributed by atoms with Crippen LogP contribution in [0, 0.1) is 0 Å². The van der Waals surface area contributed by atoms with Crippen molar-refractivity contribution in [2.45, 2.75) is 12.5 Å². The van der Waals surface area contributed by atoms with E-state index < -0.39 is 0 Å². The van der Waals surface area contributed by atoms with Crippen molar-refractivity contribution < 1.29 is 9.59 Å². The minimum Gasteiger partial charge on any atom is -0.304 e. The smallest absolute Gasteiger partial charge is 0.246 e. The van der Waals surface area contributed by atoms with Gasteiger partial charge in [-0.2, -0.15) is 11.8 Å². The van der Waals surface area contributed by atoms with Crippen molar-refractivity contribution in [3.05, 3.63) is 0 Å². The zero-order chi connectivity index (χ0) is 12.3. The lowest BCUT2D eigenvalue weighted by Crippen LogP contribution is -2.43. The van der Waals surface area contributed by atoms with Gasteiger partial charge in [0, 0.05) is 44.7 Å². The van der Waals surface area contributed by atoms with Crippen molar-refractivity contribution in [1.82, 2.24) is 15.1 Å². The van der Waals surface area contributed by atoms with E-state index >= 15 is 0 Å². The highest BCUT2D eigenvalue weighted by molar-refractivity contribution is 7.99. The van der Waals surface area contributed by atoms with Crippen LogP contribution in [-0.2, 0) is 9.59 Å². The molecule has 17 heavy (non-hydrogen) atoms. The molecule has 5 nitrogen and oxygen atoms in total. The van der Waals surface area contributed by atoms with Gasteiger partial charge in [-0.25, -0.2) is 0 Å². The molecule has 96 valence electrons. The molecule has 2 saturated heterocycles. The normalized spacial score (nSPS) is 26.9. The first-order valence-electron chi connectivity index (χ1n) is 6.02. The molecule has 0 spiro atoms. The molecule has 0 saturated carbocycles. The number of nitrogens with one attached hydrogen (secondary N) is 1. The minimum atomic E-state index is -0.299. The maximum atomic E-state index is 11.6. The number of likely N-dealkylation sites (tertiary alicyclic amines) is 1. The van der Waals surface area contributed by atoms with Crippen molar-refractivity contribution in [3.8, 4) is 0 Å². The average molecular weight is 257 g/mol. The lowest BCUT2D eigenvalue weighted by molar-refractivity contribution is -0.137. The first-order valence-corrected chi connectivity index (χ1v) is 7.18. The van der Waals surface area contributed by atoms with Crippen LogP contribution in [0.2, 0.25) is 0 Å². The second kappa shape index (κ2) is 5.84. The minimum absolute atomic E-state index is 0.0816. The van der Waals surface area contributed by atoms with E-state index in [-0.39, 0.29) is 17.9 Å². The van der Waals surface area contributed by atoms with Crippen LogP contribution in [0.4, 0.5) is 0 Å². The number of hydrogen-bond donors (Lipinski definition) is 1. The molecular formula is C11H19N3O2S. The van der Waals surface area contributed by atoms with Crippen molar-refractivity contribution in [3.63, 3.8) is 0 Å². The van der Waals surface area contributed by atoms with Crippen LogP contribution in [0.3, 0.4) is 0 Å². The molecule has 0 bridgehead atoms. The number of likely N-dealkylation sites (N-methyl/N-ethyl adjacent to an activating group) is 1. The molecular weight excluding hydrogens is 238 g/mol. The van der Waals surface area contributed by atoms with Crippen molar-refractivity contribution in [2.24, 2.45) is 0 Å². The molecule has 0 radical (unpaired) electrons. The maximum Gasteiger partial charge on any atom is 0.246 e. The Labute approximate surface area is 106 Å². The summed E-state index contributed by atoms with van der Waals surface area (Å²) in [5.41, 5.74) is 0. The van der Waals surface area contributed by atoms with Crippen molar-refractivity contribution in [1.29, 1.82) is 0 Å². The van der Waals surface area contributed by atoms with Crippen LogP contribution in [0.5, 0.6) is 0 Å². The third kappa shape index (κ3) is 3.20. The van der Waals surface area contributed by atoms with Crippen LogP contribution in [0.1, 0.15) is 6.42 Å². The van der Waals surface area contributed by atoms with Gasteiger partial charge in [-0.05, 0) is 0 Å². The van der Waals surface area contributed by atoms with Crippen LogP contribution < -0.4 is 5.32 Å². The fourth-order valence-corrected chi connectivity index (χ4v) is 3.12. The number of amides is 2. The summed E-state index contributed by atoms with van der Waals surface area (Å²) >= 11 is 1.99. The highest BCUT2D eigenvalue weighted by atomic mass is 32.2. The summed E-state index contributed by atoms with van der Waals surface area (Å²) < 4.78 is 0. The third-order valence-corrected chi connectivity index (χ3v) is 4.25. The Bertz CT molecular complexity index is 305. The summed E-state index contributed by atoms with van der Waals surface area (Å²) in [5, 5.41) is 3.18. The quantitative estimate of drug-likeness (QED) is 0.681. The summed E-state index contributed by atoms with van der Waals surface area (Å²) in [6.07, 6.45) is 0.311. The van der Waals surface area contributed by atoms with Gasteiger partial charge in [0.1, 0.15) is 0 Å². The fraction of sp³-hybridized carbons (Fsp3) is 0.818. The predicted octanol–water partition coefficient (Wildman–Crippen LogP) is -0.618. The monoisotopic (exact) mass is 257 g/mol. The predicted molar refractivity (Wildman–Crippen MR) is 67.9 cm³/mol. The largest absolute Gasteiger partial charge is 0.304 e. The van der Waals surface area contributed by atoms with E-state index in [1.54, 1.807) is 7.05 Å². The zero-order valence-electron chi connectivity index (χ0n) is 10.1. The highest BCUT2D eigenvalue weighted by Gasteiger charge is 2.35. The topological polar surface area (TPSA) is 52.7 Å². The number of hydrogen-bond acceptors (Lipinski definition) is 5. The molecule has 2 amide bonds. The third-order valence-electron chi connectivity index (χ3n) is 3.30. The second-order valence-electron chi connectivity index (χ2n) is 4.46. The lowest BCUT2D eigenvalue weighted by Gasteiger charge is -2.26. The molecule has 1 atom stereocenters. The summed E-state index contributed by atoms with van der Waals surface area (Å²) in [6, 6.07) is -0.299. The van der Waals surface area contributed by atoms with Gasteiger partial charge in [-0.1, -0.05) is 0 Å². The zero-order valence-corrected chi connectivity index (χ0v) is 11.0. The van der Waals surface area contributed by atoms with E-state index in [0.29, 0.717) is 6.42 Å². The van der Waals surface area contributed by atoms with E-state index in [1.165, 1.54) is 16.4 Å². The highest BCUT2D eigenvalue weighted by Crippen LogP contribution is 2.11. The summed E-state index contributed by atoms with van der Waals surface area (Å²) in [7, 11) is 1.55. The Hall–Kier alpha value is -0.590. The Morgan fingerprint density at radius 2 is 2.06 bits per heavy atom. The Morgan fingerprint density at radius 3 is 2.65 bits per heavy atom. The molecule has 0 aromatic carbocycles. The van der Waals surface area contributed by atoms with Gasteiger partial charge in [-0.3, -0.25) is 14.5 Å². The molecule has 2 aliphatic rings. The van der Waals surface area contributed by atoms with E-state index in [2.05, 4.69) is 10.2 Å². The molecule has 1 unspecified atom stereocenters. The molecule has 0 aromatic heterocycles. The van der Waals surface area contributed by atoms with Gasteiger partial charge in [0.15, 0.2) is 0 Å². The standard InChI is InChI=1S/C11H19N3O2S/c1-13-10(15)8-9(11(13)16)12-2-3-14-4-6-17-7-5-14/h9,12H,2-8H2,1H3. The summed E-state index contributed by atoms with van der Waals surface area (Å²) in [5.74, 6) is 2.22. The number of carbonyl (C=O) groups is 2. The lowest BCUT2D eigenvalue weighted by atomic mass is 10.2. The van der Waals surface area contributed by atoms with Crippen LogP contribution in [0.25, 0.3) is 0 Å². The van der Waals surface area contributed by atoms with Crippen molar-refractivity contribution in [2.75, 3.05) is 44.7 Å². The van der Waals surface area contributed by atoms with Crippen LogP contribution >= 0.6 is 11.8 Å². The molecule has 2 heterocycles. The molecule has 0 aromatic rings. The first kappa shape index (κ1) is 12.9. The Morgan fingerprint density at radius 1 is 1.35 bits per heavy atom. The second-order valence-corrected chi connectivity index (χ2v) is 5.68. The Kier molecular flexibility index (Phi) is 4.42. The van der Waals surface area contributed by atoms with Crippen molar-refractivity contribution >= 4 is 23.6 Å². The van der Waals surface area contributed by atoms with Gasteiger partial charge in [0.2, 0.25) is 11.8 Å². The first-order chi connectivity index (χ1) is 8.18. The van der Waals surface area contributed by atoms with Gasteiger partial charge in [0.05, 0.1) is 12.5 Å². The van der Waals surface area contributed by atoms with E-state index in [9.17, 15) is 9.59 Å². The molecule has 2 rings (SSSR count). The summed E-state index contributed by atoms with van der Waals surface area (Å²) in [6.45, 7) is 4.00. The Balaban J connectivity index is 1.68. The number of carbonyl (C=O) groups excluding carboxylic acids is 2. The fourth-order valence-electron chi connectivity index (χ4n) is 2.14. The van der Waals surface area contributed by atoms with Crippen LogP contribution in [-0.4, -0.2) is 72.4 Å². The number of nitrogens with zero attached hydrogens (tertiary/aromatic N) is 2. The van der Waals surface area contributed by atoms with Gasteiger partial charge in [0.25, 0.3) is 0 Å². The van der Waals surface area contributed by atoms with Gasteiger partial charge < -0.3 is 10.2 Å². The molecule has 2 aliphatic heterocycles. The van der Waals surface area contributed by atoms with Gasteiger partial charge in [-0.15, -0.1) is 0 Å². The molecule has 2 fully saturated rings. The van der Waals surface area contributed by atoms with E-state index in [0.717, 1.165) is 26.2 Å². The van der Waals surface area contributed by atoms with Gasteiger partial charge >= 0.3 is 0 Å². The molecule has 1 N–H and O–H groups in total. The number of thioether (sulfide) groups is 1. The number of rotatable bonds is 4. The maximum absolute atomic E-state index is 11.6. The summed E-state index contributed by atoms with van der Waals surface area (Å²) in [4.78, 5) is 26.5. The van der Waals surface area contributed by atoms with E-state index in [1.807, 2.05) is 11.8 Å². The van der Waals surface area contributed by atoms with E-state index in [4.69, 9.17) is 0 Å². The molecule has 0 aliphatic carbocycles. The SMILES string of the molecule is CN1C(=O)CC(NCCN2CCSCC2)C1=O. The number of imide groups is 1. The van der Waals surface area contributed by atoms with Crippen LogP contribution in [0.15, 0.2) is 0 Å². The average Bonchev–Trinajstić information content (AvgIpc) is 2.59. The molecule has 6 heteroatoms.